The predicted molar refractivity (Wildman–Crippen MR) is 88.8 cm³/mol. The smallest absolute Gasteiger partial charge is 0.316 e. The van der Waals surface area contributed by atoms with Crippen LogP contribution in [0.25, 0.3) is 0 Å². The molecule has 0 aliphatic heterocycles. The first-order chi connectivity index (χ1) is 10.5. The predicted octanol–water partition coefficient (Wildman–Crippen LogP) is 3.04. The molecule has 22 heavy (non-hydrogen) atoms. The number of aryl methyl sites for hydroxylation is 1. The summed E-state index contributed by atoms with van der Waals surface area (Å²) in [5.74, 6) is -0.507. The number of carbonyl (C=O) groups is 2. The number of likely N-dealkylation sites (N-methyl/N-ethyl adjacent to an activating group) is 1. The van der Waals surface area contributed by atoms with Gasteiger partial charge in [-0.05, 0) is 50.3 Å². The average Bonchev–Trinajstić information content (AvgIpc) is 2.50. The summed E-state index contributed by atoms with van der Waals surface area (Å²) >= 11 is 0. The summed E-state index contributed by atoms with van der Waals surface area (Å²) in [7, 11) is 0. The third-order valence-electron chi connectivity index (χ3n) is 4.50. The number of anilines is 1. The average molecular weight is 302 g/mol. The number of nitrogens with zero attached hydrogens (tertiary/aromatic N) is 1. The summed E-state index contributed by atoms with van der Waals surface area (Å²) in [5, 5.41) is 2.94. The number of hydrogen-bond donors (Lipinski definition) is 1. The molecule has 120 valence electrons. The molecule has 1 N–H and O–H groups in total. The Kier molecular flexibility index (Phi) is 5.58. The molecule has 2 unspecified atom stereocenters. The standard InChI is InChI=1S/C18H26N2O2/c1-4-20(15-10-7-8-13(2)12-15)18(22)17(21)19-16-11-6-5-9-14(16)3/h7-8,10,12,14,16H,4-6,9,11H2,1-3H3,(H,19,21). The zero-order valence-corrected chi connectivity index (χ0v) is 13.8. The minimum Gasteiger partial charge on any atom is -0.345 e. The van der Waals surface area contributed by atoms with Gasteiger partial charge in [0.2, 0.25) is 0 Å². The van der Waals surface area contributed by atoms with Gasteiger partial charge in [-0.15, -0.1) is 0 Å². The van der Waals surface area contributed by atoms with E-state index in [1.165, 1.54) is 11.3 Å². The highest BCUT2D eigenvalue weighted by molar-refractivity contribution is 6.40. The van der Waals surface area contributed by atoms with E-state index in [1.54, 1.807) is 0 Å². The van der Waals surface area contributed by atoms with E-state index in [4.69, 9.17) is 0 Å². The van der Waals surface area contributed by atoms with Crippen molar-refractivity contribution in [3.05, 3.63) is 29.8 Å². The van der Waals surface area contributed by atoms with Crippen LogP contribution in [-0.4, -0.2) is 24.4 Å². The Balaban J connectivity index is 2.06. The highest BCUT2D eigenvalue weighted by Gasteiger charge is 2.28. The minimum atomic E-state index is -0.484. The third kappa shape index (κ3) is 3.87. The Labute approximate surface area is 132 Å². The van der Waals surface area contributed by atoms with Gasteiger partial charge in [-0.25, -0.2) is 0 Å². The molecule has 4 heteroatoms. The molecule has 0 saturated heterocycles. The van der Waals surface area contributed by atoms with Crippen molar-refractivity contribution in [2.45, 2.75) is 52.5 Å². The number of carbonyl (C=O) groups excluding carboxylic acids is 2. The van der Waals surface area contributed by atoms with Crippen molar-refractivity contribution in [2.75, 3.05) is 11.4 Å². The summed E-state index contributed by atoms with van der Waals surface area (Å²) in [6.45, 7) is 6.49. The van der Waals surface area contributed by atoms with Crippen LogP contribution in [0.5, 0.6) is 0 Å². The molecule has 0 heterocycles. The molecule has 1 aliphatic rings. The van der Waals surface area contributed by atoms with Gasteiger partial charge in [0, 0.05) is 18.3 Å². The fraction of sp³-hybridized carbons (Fsp3) is 0.556. The lowest BCUT2D eigenvalue weighted by molar-refractivity contribution is -0.138. The van der Waals surface area contributed by atoms with Gasteiger partial charge < -0.3 is 10.2 Å². The van der Waals surface area contributed by atoms with E-state index < -0.39 is 11.8 Å². The van der Waals surface area contributed by atoms with E-state index in [0.29, 0.717) is 12.5 Å². The van der Waals surface area contributed by atoms with Crippen LogP contribution in [-0.2, 0) is 9.59 Å². The lowest BCUT2D eigenvalue weighted by atomic mass is 9.86. The van der Waals surface area contributed by atoms with Crippen LogP contribution in [0.1, 0.15) is 45.1 Å². The van der Waals surface area contributed by atoms with E-state index >= 15 is 0 Å². The lowest BCUT2D eigenvalue weighted by Gasteiger charge is -2.30. The Morgan fingerprint density at radius 3 is 2.64 bits per heavy atom. The van der Waals surface area contributed by atoms with Gasteiger partial charge in [0.25, 0.3) is 0 Å². The number of benzene rings is 1. The number of amides is 2. The number of hydrogen-bond acceptors (Lipinski definition) is 2. The van der Waals surface area contributed by atoms with Gasteiger partial charge in [-0.1, -0.05) is 31.9 Å². The molecule has 2 rings (SSSR count). The molecule has 2 atom stereocenters. The van der Waals surface area contributed by atoms with E-state index in [9.17, 15) is 9.59 Å². The van der Waals surface area contributed by atoms with Crippen LogP contribution < -0.4 is 10.2 Å². The van der Waals surface area contributed by atoms with Crippen LogP contribution in [0.15, 0.2) is 24.3 Å². The molecule has 0 aromatic heterocycles. The Morgan fingerprint density at radius 2 is 2.00 bits per heavy atom. The topological polar surface area (TPSA) is 49.4 Å². The largest absolute Gasteiger partial charge is 0.345 e. The van der Waals surface area contributed by atoms with Crippen molar-refractivity contribution in [1.82, 2.24) is 5.32 Å². The van der Waals surface area contributed by atoms with Crippen molar-refractivity contribution in [1.29, 1.82) is 0 Å². The van der Waals surface area contributed by atoms with Gasteiger partial charge in [0.15, 0.2) is 0 Å². The number of rotatable bonds is 3. The fourth-order valence-corrected chi connectivity index (χ4v) is 3.12. The monoisotopic (exact) mass is 302 g/mol. The SMILES string of the molecule is CCN(C(=O)C(=O)NC1CCCCC1C)c1cccc(C)c1. The zero-order valence-electron chi connectivity index (χ0n) is 13.8. The molecule has 0 radical (unpaired) electrons. The summed E-state index contributed by atoms with van der Waals surface area (Å²) in [6.07, 6.45) is 4.43. The second kappa shape index (κ2) is 7.43. The normalized spacial score (nSPS) is 21.2. The minimum absolute atomic E-state index is 0.126. The summed E-state index contributed by atoms with van der Waals surface area (Å²) < 4.78 is 0. The maximum Gasteiger partial charge on any atom is 0.316 e. The Bertz CT molecular complexity index is 542. The third-order valence-corrected chi connectivity index (χ3v) is 4.50. The van der Waals surface area contributed by atoms with Crippen molar-refractivity contribution >= 4 is 17.5 Å². The van der Waals surface area contributed by atoms with Crippen LogP contribution in [0.3, 0.4) is 0 Å². The van der Waals surface area contributed by atoms with Gasteiger partial charge in [-0.2, -0.15) is 0 Å². The number of nitrogens with one attached hydrogen (secondary N) is 1. The van der Waals surface area contributed by atoms with E-state index in [2.05, 4.69) is 12.2 Å². The Morgan fingerprint density at radius 1 is 1.27 bits per heavy atom. The first-order valence-corrected chi connectivity index (χ1v) is 8.22. The molecule has 1 fully saturated rings. The van der Waals surface area contributed by atoms with E-state index in [1.807, 2.05) is 38.1 Å². The molecule has 2 amide bonds. The van der Waals surface area contributed by atoms with Gasteiger partial charge in [0.1, 0.15) is 0 Å². The second-order valence-electron chi connectivity index (χ2n) is 6.23. The van der Waals surface area contributed by atoms with Gasteiger partial charge in [0.05, 0.1) is 0 Å². The van der Waals surface area contributed by atoms with Crippen LogP contribution in [0.2, 0.25) is 0 Å². The van der Waals surface area contributed by atoms with Crippen LogP contribution in [0.4, 0.5) is 5.69 Å². The van der Waals surface area contributed by atoms with Crippen molar-refractivity contribution < 1.29 is 9.59 Å². The van der Waals surface area contributed by atoms with E-state index in [0.717, 1.165) is 30.5 Å². The van der Waals surface area contributed by atoms with E-state index in [-0.39, 0.29) is 6.04 Å². The molecular formula is C18H26N2O2. The summed E-state index contributed by atoms with van der Waals surface area (Å²) in [4.78, 5) is 26.3. The first kappa shape index (κ1) is 16.5. The molecule has 0 bridgehead atoms. The van der Waals surface area contributed by atoms with Crippen molar-refractivity contribution in [3.63, 3.8) is 0 Å². The molecule has 1 saturated carbocycles. The molecular weight excluding hydrogens is 276 g/mol. The fourth-order valence-electron chi connectivity index (χ4n) is 3.12. The van der Waals surface area contributed by atoms with Crippen LogP contribution in [0, 0.1) is 12.8 Å². The molecule has 0 spiro atoms. The quantitative estimate of drug-likeness (QED) is 0.873. The highest BCUT2D eigenvalue weighted by Crippen LogP contribution is 2.24. The maximum absolute atomic E-state index is 12.5. The molecule has 1 aliphatic carbocycles. The van der Waals surface area contributed by atoms with Crippen molar-refractivity contribution in [2.24, 2.45) is 5.92 Å². The summed E-state index contributed by atoms with van der Waals surface area (Å²) in [5.41, 5.74) is 1.85. The molecule has 4 nitrogen and oxygen atoms in total. The second-order valence-corrected chi connectivity index (χ2v) is 6.23. The summed E-state index contributed by atoms with van der Waals surface area (Å²) in [6, 6.07) is 7.80. The molecule has 1 aromatic rings. The van der Waals surface area contributed by atoms with Gasteiger partial charge >= 0.3 is 11.8 Å². The maximum atomic E-state index is 12.5. The van der Waals surface area contributed by atoms with Gasteiger partial charge in [-0.3, -0.25) is 9.59 Å². The first-order valence-electron chi connectivity index (χ1n) is 8.22. The zero-order chi connectivity index (χ0) is 16.1. The highest BCUT2D eigenvalue weighted by atomic mass is 16.2. The Hall–Kier alpha value is -1.84. The lowest BCUT2D eigenvalue weighted by Crippen LogP contribution is -2.49. The van der Waals surface area contributed by atoms with Crippen molar-refractivity contribution in [3.8, 4) is 0 Å². The van der Waals surface area contributed by atoms with Crippen LogP contribution >= 0.6 is 0 Å². The molecule has 1 aromatic carbocycles.